The second kappa shape index (κ2) is 11.1. The third kappa shape index (κ3) is 6.79. The van der Waals surface area contributed by atoms with E-state index in [9.17, 15) is 21.6 Å². The van der Waals surface area contributed by atoms with Crippen LogP contribution in [0, 0.1) is 0 Å². The molecule has 0 amide bonds. The third-order valence-corrected chi connectivity index (χ3v) is 9.40. The van der Waals surface area contributed by atoms with E-state index in [1.54, 1.807) is 18.2 Å². The predicted molar refractivity (Wildman–Crippen MR) is 141 cm³/mol. The van der Waals surface area contributed by atoms with Gasteiger partial charge in [-0.1, -0.05) is 52.6 Å². The zero-order chi connectivity index (χ0) is 27.0. The number of alkyl halides is 3. The van der Waals surface area contributed by atoms with E-state index in [2.05, 4.69) is 4.72 Å². The van der Waals surface area contributed by atoms with E-state index in [-0.39, 0.29) is 15.6 Å². The number of halogens is 6. The van der Waals surface area contributed by atoms with Gasteiger partial charge in [0, 0.05) is 28.9 Å². The fourth-order valence-corrected chi connectivity index (χ4v) is 6.50. The molecule has 37 heavy (non-hydrogen) atoms. The van der Waals surface area contributed by atoms with Gasteiger partial charge in [-0.3, -0.25) is 4.72 Å². The average molecular weight is 612 g/mol. The molecule has 1 heterocycles. The first kappa shape index (κ1) is 28.2. The fraction of sp³-hybridized carbons (Fsp3) is 0.250. The van der Waals surface area contributed by atoms with Gasteiger partial charge in [-0.05, 0) is 55.9 Å². The second-order valence-corrected chi connectivity index (χ2v) is 12.3. The van der Waals surface area contributed by atoms with Gasteiger partial charge in [0.1, 0.15) is 11.9 Å². The summed E-state index contributed by atoms with van der Waals surface area (Å²) in [6.45, 7) is 1.16. The van der Waals surface area contributed by atoms with Crippen LogP contribution in [0.3, 0.4) is 0 Å². The lowest BCUT2D eigenvalue weighted by Gasteiger charge is -2.19. The Morgan fingerprint density at radius 2 is 1.78 bits per heavy atom. The maximum absolute atomic E-state index is 13.6. The monoisotopic (exact) mass is 610 g/mol. The summed E-state index contributed by atoms with van der Waals surface area (Å²) < 4.78 is 74.7. The Labute approximate surface area is 231 Å². The highest BCUT2D eigenvalue weighted by atomic mass is 35.5. The van der Waals surface area contributed by atoms with Crippen molar-refractivity contribution in [2.24, 2.45) is 0 Å². The summed E-state index contributed by atoms with van der Waals surface area (Å²) in [5.74, 6) is -0.434. The summed E-state index contributed by atoms with van der Waals surface area (Å²) >= 11 is 19.8. The highest BCUT2D eigenvalue weighted by Gasteiger charge is 2.36. The second-order valence-electron chi connectivity index (χ2n) is 8.35. The highest BCUT2D eigenvalue weighted by Crippen LogP contribution is 2.41. The number of sulfonamides is 1. The lowest BCUT2D eigenvalue weighted by Crippen LogP contribution is -2.23. The van der Waals surface area contributed by atoms with Crippen LogP contribution in [0.5, 0.6) is 5.75 Å². The summed E-state index contributed by atoms with van der Waals surface area (Å²) in [4.78, 5) is 2.95. The molecule has 1 aliphatic rings. The summed E-state index contributed by atoms with van der Waals surface area (Å²) in [7, 11) is -2.33. The summed E-state index contributed by atoms with van der Waals surface area (Å²) in [5, 5.41) is 0.852. The number of anilines is 1. The topological polar surface area (TPSA) is 58.6 Å². The first-order chi connectivity index (χ1) is 17.3. The predicted octanol–water partition coefficient (Wildman–Crippen LogP) is 7.70. The Balaban J connectivity index is 1.57. The van der Waals surface area contributed by atoms with Crippen LogP contribution in [0.1, 0.15) is 12.0 Å². The van der Waals surface area contributed by atoms with Crippen LogP contribution in [-0.4, -0.2) is 39.6 Å². The average Bonchev–Trinajstić information content (AvgIpc) is 3.21. The smallest absolute Gasteiger partial charge is 0.419 e. The fourth-order valence-electron chi connectivity index (χ4n) is 3.71. The molecule has 0 spiro atoms. The number of nitrogens with zero attached hydrogens (tertiary/aromatic N) is 1. The molecule has 5 nitrogen and oxygen atoms in total. The van der Waals surface area contributed by atoms with Gasteiger partial charge in [0.2, 0.25) is 0 Å². The van der Waals surface area contributed by atoms with Gasteiger partial charge in [0.15, 0.2) is 0 Å². The molecular weight excluding hydrogens is 592 g/mol. The van der Waals surface area contributed by atoms with Gasteiger partial charge in [-0.15, -0.1) is 0 Å². The van der Waals surface area contributed by atoms with Crippen molar-refractivity contribution in [2.45, 2.75) is 33.4 Å². The van der Waals surface area contributed by atoms with Crippen molar-refractivity contribution in [1.29, 1.82) is 0 Å². The molecule has 0 radical (unpaired) electrons. The molecule has 3 aromatic rings. The molecule has 1 N–H and O–H groups in total. The van der Waals surface area contributed by atoms with Crippen LogP contribution >= 0.6 is 46.6 Å². The van der Waals surface area contributed by atoms with Crippen LogP contribution in [0.4, 0.5) is 18.9 Å². The van der Waals surface area contributed by atoms with Crippen molar-refractivity contribution in [3.05, 3.63) is 75.2 Å². The minimum atomic E-state index is -4.66. The lowest BCUT2D eigenvalue weighted by molar-refractivity contribution is -0.139. The van der Waals surface area contributed by atoms with Gasteiger partial charge in [-0.25, -0.2) is 8.42 Å². The van der Waals surface area contributed by atoms with Crippen LogP contribution in [0.15, 0.2) is 69.3 Å². The van der Waals surface area contributed by atoms with Crippen LogP contribution in [0.2, 0.25) is 15.1 Å². The number of hydrogen-bond acceptors (Lipinski definition) is 5. The van der Waals surface area contributed by atoms with Gasteiger partial charge in [0.25, 0.3) is 10.0 Å². The van der Waals surface area contributed by atoms with Crippen LogP contribution in [0.25, 0.3) is 0 Å². The Morgan fingerprint density at radius 1 is 1.03 bits per heavy atom. The lowest BCUT2D eigenvalue weighted by atomic mass is 10.1. The van der Waals surface area contributed by atoms with E-state index < -0.39 is 33.6 Å². The van der Waals surface area contributed by atoms with E-state index in [0.717, 1.165) is 18.2 Å². The number of benzene rings is 3. The maximum atomic E-state index is 13.6. The van der Waals surface area contributed by atoms with E-state index >= 15 is 0 Å². The van der Waals surface area contributed by atoms with Crippen molar-refractivity contribution in [3.8, 4) is 5.75 Å². The number of ether oxygens (including phenoxy) is 1. The summed E-state index contributed by atoms with van der Waals surface area (Å²) in [6.07, 6.45) is -4.54. The molecule has 0 saturated carbocycles. The number of likely N-dealkylation sites (tertiary alicyclic amines) is 1. The van der Waals surface area contributed by atoms with E-state index in [4.69, 9.17) is 39.5 Å². The first-order valence-electron chi connectivity index (χ1n) is 10.8. The molecule has 1 fully saturated rings. The Bertz CT molecular complexity index is 1420. The molecule has 198 valence electrons. The van der Waals surface area contributed by atoms with Gasteiger partial charge < -0.3 is 9.64 Å². The van der Waals surface area contributed by atoms with Gasteiger partial charge in [0.05, 0.1) is 31.2 Å². The largest absolute Gasteiger partial charge is 0.488 e. The minimum Gasteiger partial charge on any atom is -0.488 e. The molecule has 13 heteroatoms. The molecule has 3 aromatic carbocycles. The maximum Gasteiger partial charge on any atom is 0.419 e. The number of hydrogen-bond donors (Lipinski definition) is 1. The number of rotatable bonds is 7. The molecule has 0 unspecified atom stereocenters. The zero-order valence-corrected chi connectivity index (χ0v) is 23.1. The summed E-state index contributed by atoms with van der Waals surface area (Å²) in [5.41, 5.74) is -1.05. The Hall–Kier alpha value is -1.82. The van der Waals surface area contributed by atoms with Crippen LogP contribution < -0.4 is 9.46 Å². The Morgan fingerprint density at radius 3 is 2.43 bits per heavy atom. The molecule has 4 rings (SSSR count). The molecular formula is C24H20Cl3F3N2O3S2. The van der Waals surface area contributed by atoms with Crippen LogP contribution in [-0.2, 0) is 16.2 Å². The van der Waals surface area contributed by atoms with E-state index in [0.29, 0.717) is 39.3 Å². The number of likely N-dealkylation sites (N-methyl/N-ethyl adjacent to an activating group) is 1. The van der Waals surface area contributed by atoms with Crippen molar-refractivity contribution >= 4 is 62.3 Å². The summed E-state index contributed by atoms with van der Waals surface area (Å²) in [6, 6.07) is 12.1. The first-order valence-corrected chi connectivity index (χ1v) is 14.3. The SMILES string of the molecule is CN1CC[C@@H](Oc2cc(NS(=O)(=O)c3ccc(Sc4cccc(Cl)c4Cl)c(Cl)c3)ccc2C(F)(F)F)C1. The third-order valence-electron chi connectivity index (χ3n) is 5.53. The molecule has 1 saturated heterocycles. The minimum absolute atomic E-state index is 0.0744. The van der Waals surface area contributed by atoms with Crippen molar-refractivity contribution < 1.29 is 26.3 Å². The van der Waals surface area contributed by atoms with Crippen molar-refractivity contribution in [1.82, 2.24) is 4.90 Å². The quantitative estimate of drug-likeness (QED) is 0.297. The molecule has 0 aromatic heterocycles. The van der Waals surface area contributed by atoms with E-state index in [1.807, 2.05) is 11.9 Å². The molecule has 1 atom stereocenters. The van der Waals surface area contributed by atoms with E-state index in [1.165, 1.54) is 30.0 Å². The van der Waals surface area contributed by atoms with Crippen molar-refractivity contribution in [3.63, 3.8) is 0 Å². The zero-order valence-electron chi connectivity index (χ0n) is 19.2. The Kier molecular flexibility index (Phi) is 8.47. The number of nitrogens with one attached hydrogen (secondary N) is 1. The molecule has 0 aliphatic carbocycles. The van der Waals surface area contributed by atoms with Gasteiger partial charge in [-0.2, -0.15) is 13.2 Å². The van der Waals surface area contributed by atoms with Crippen molar-refractivity contribution in [2.75, 3.05) is 24.9 Å². The normalized spacial score (nSPS) is 16.7. The standard InChI is InChI=1S/C24H20Cl3F3N2O3S2/c1-32-10-9-15(13-32)35-20-11-14(5-7-17(20)24(28,29)30)31-37(33,34)16-6-8-21(19(26)12-16)36-22-4-2-3-18(25)23(22)27/h2-8,11-12,15,31H,9-10,13H2,1H3/t15-/m1/s1. The molecule has 1 aliphatic heterocycles. The highest BCUT2D eigenvalue weighted by molar-refractivity contribution is 7.99. The van der Waals surface area contributed by atoms with Gasteiger partial charge >= 0.3 is 6.18 Å². The molecule has 0 bridgehead atoms.